The average Bonchev–Trinajstić information content (AvgIpc) is 2.45. The highest BCUT2D eigenvalue weighted by molar-refractivity contribution is 5.94. The lowest BCUT2D eigenvalue weighted by Gasteiger charge is -2.11. The summed E-state index contributed by atoms with van der Waals surface area (Å²) in [5, 5.41) is 1.24. The first-order valence-electron chi connectivity index (χ1n) is 6.96. The van der Waals surface area contributed by atoms with Crippen LogP contribution in [0.4, 0.5) is 0 Å². The summed E-state index contributed by atoms with van der Waals surface area (Å²) in [5.41, 5.74) is 5.45. The Balaban J connectivity index is 2.59. The van der Waals surface area contributed by atoms with Crippen molar-refractivity contribution in [3.63, 3.8) is 0 Å². The van der Waals surface area contributed by atoms with Crippen molar-refractivity contribution < 1.29 is 9.15 Å². The second-order valence-corrected chi connectivity index (χ2v) is 5.57. The summed E-state index contributed by atoms with van der Waals surface area (Å²) in [6, 6.07) is 5.58. The van der Waals surface area contributed by atoms with Gasteiger partial charge in [0.1, 0.15) is 16.9 Å². The van der Waals surface area contributed by atoms with E-state index in [0.717, 1.165) is 22.3 Å². The van der Waals surface area contributed by atoms with Gasteiger partial charge in [-0.1, -0.05) is 0 Å². The summed E-state index contributed by atoms with van der Waals surface area (Å²) in [4.78, 5) is 12.9. The molecule has 3 nitrogen and oxygen atoms in total. The molecule has 1 heterocycles. The fourth-order valence-electron chi connectivity index (χ4n) is 2.82. The molecule has 3 heteroatoms. The van der Waals surface area contributed by atoms with Crippen LogP contribution >= 0.6 is 0 Å². The molecule has 3 rings (SSSR count). The molecule has 0 bridgehead atoms. The SMILES string of the molecule is COc1cc(C)c2oc3cc(C)c(C)c(C)c3c(=O)c2c1. The molecule has 0 atom stereocenters. The van der Waals surface area contributed by atoms with Crippen LogP contribution < -0.4 is 10.2 Å². The standard InChI is InChI=1S/C18H18O3/c1-9-7-15-16(12(4)11(9)3)17(19)14-8-13(20-5)6-10(2)18(14)21-15/h6-8H,1-5H3. The average molecular weight is 282 g/mol. The van der Waals surface area contributed by atoms with Gasteiger partial charge in [-0.15, -0.1) is 0 Å². The Bertz CT molecular complexity index is 933. The van der Waals surface area contributed by atoms with Crippen LogP contribution in [0.25, 0.3) is 21.9 Å². The van der Waals surface area contributed by atoms with Crippen LogP contribution in [0.5, 0.6) is 5.75 Å². The van der Waals surface area contributed by atoms with Crippen molar-refractivity contribution in [3.8, 4) is 5.75 Å². The molecule has 0 amide bonds. The van der Waals surface area contributed by atoms with E-state index in [1.165, 1.54) is 0 Å². The molecule has 0 spiro atoms. The minimum atomic E-state index is 0.00819. The lowest BCUT2D eigenvalue weighted by Crippen LogP contribution is -2.06. The van der Waals surface area contributed by atoms with E-state index in [4.69, 9.17) is 9.15 Å². The van der Waals surface area contributed by atoms with Crippen LogP contribution in [0.1, 0.15) is 22.3 Å². The highest BCUT2D eigenvalue weighted by Crippen LogP contribution is 2.29. The molecule has 0 N–H and O–H groups in total. The quantitative estimate of drug-likeness (QED) is 0.628. The molecule has 3 aromatic rings. The van der Waals surface area contributed by atoms with Crippen LogP contribution in [-0.2, 0) is 0 Å². The number of hydrogen-bond donors (Lipinski definition) is 0. The summed E-state index contributed by atoms with van der Waals surface area (Å²) in [6.45, 7) is 7.96. The van der Waals surface area contributed by atoms with Gasteiger partial charge in [-0.2, -0.15) is 0 Å². The third kappa shape index (κ3) is 1.92. The Morgan fingerprint density at radius 2 is 1.67 bits per heavy atom. The molecule has 1 aromatic heterocycles. The van der Waals surface area contributed by atoms with E-state index >= 15 is 0 Å². The fourth-order valence-corrected chi connectivity index (χ4v) is 2.82. The van der Waals surface area contributed by atoms with Crippen molar-refractivity contribution in [2.45, 2.75) is 27.7 Å². The molecule has 0 aliphatic rings. The molecule has 0 radical (unpaired) electrons. The third-order valence-corrected chi connectivity index (χ3v) is 4.29. The number of methoxy groups -OCH3 is 1. The van der Waals surface area contributed by atoms with Crippen molar-refractivity contribution in [2.75, 3.05) is 7.11 Å². The maximum Gasteiger partial charge on any atom is 0.200 e. The van der Waals surface area contributed by atoms with Gasteiger partial charge in [0, 0.05) is 0 Å². The van der Waals surface area contributed by atoms with Crippen molar-refractivity contribution >= 4 is 21.9 Å². The van der Waals surface area contributed by atoms with E-state index in [9.17, 15) is 4.79 Å². The monoisotopic (exact) mass is 282 g/mol. The molecule has 0 aliphatic carbocycles. The Hall–Kier alpha value is -2.29. The minimum Gasteiger partial charge on any atom is -0.497 e. The first kappa shape index (κ1) is 13.7. The maximum atomic E-state index is 12.9. The van der Waals surface area contributed by atoms with Gasteiger partial charge in [-0.3, -0.25) is 4.79 Å². The van der Waals surface area contributed by atoms with Crippen LogP contribution in [-0.4, -0.2) is 7.11 Å². The normalized spacial score (nSPS) is 11.3. The Kier molecular flexibility index (Phi) is 3.01. The van der Waals surface area contributed by atoms with Crippen LogP contribution in [0, 0.1) is 27.7 Å². The van der Waals surface area contributed by atoms with Crippen molar-refractivity contribution in [1.29, 1.82) is 0 Å². The van der Waals surface area contributed by atoms with E-state index in [1.54, 1.807) is 13.2 Å². The van der Waals surface area contributed by atoms with Crippen LogP contribution in [0.15, 0.2) is 27.4 Å². The van der Waals surface area contributed by atoms with Gasteiger partial charge in [-0.25, -0.2) is 0 Å². The summed E-state index contributed by atoms with van der Waals surface area (Å²) in [7, 11) is 1.60. The Morgan fingerprint density at radius 1 is 0.952 bits per heavy atom. The van der Waals surface area contributed by atoms with Gasteiger partial charge in [0.25, 0.3) is 0 Å². The minimum absolute atomic E-state index is 0.00819. The highest BCUT2D eigenvalue weighted by atomic mass is 16.5. The van der Waals surface area contributed by atoms with E-state index in [1.807, 2.05) is 39.8 Å². The second-order valence-electron chi connectivity index (χ2n) is 5.57. The zero-order chi connectivity index (χ0) is 15.3. The zero-order valence-corrected chi connectivity index (χ0v) is 13.0. The molecule has 0 saturated heterocycles. The predicted octanol–water partition coefficient (Wildman–Crippen LogP) is 4.19. The molecule has 0 aliphatic heterocycles. The van der Waals surface area contributed by atoms with Crippen molar-refractivity contribution in [1.82, 2.24) is 0 Å². The summed E-state index contributed by atoms with van der Waals surface area (Å²) in [5.74, 6) is 0.674. The summed E-state index contributed by atoms with van der Waals surface area (Å²) < 4.78 is 11.3. The van der Waals surface area contributed by atoms with Gasteiger partial charge in [-0.05, 0) is 68.1 Å². The van der Waals surface area contributed by atoms with Gasteiger partial charge in [0.05, 0.1) is 17.9 Å². The molecular weight excluding hydrogens is 264 g/mol. The molecule has 0 saturated carbocycles. The number of aryl methyl sites for hydroxylation is 3. The van der Waals surface area contributed by atoms with Gasteiger partial charge >= 0.3 is 0 Å². The lowest BCUT2D eigenvalue weighted by molar-refractivity contribution is 0.415. The van der Waals surface area contributed by atoms with Gasteiger partial charge < -0.3 is 9.15 Å². The second kappa shape index (κ2) is 4.62. The molecule has 0 fully saturated rings. The smallest absolute Gasteiger partial charge is 0.200 e. The molecular formula is C18H18O3. The number of fused-ring (bicyclic) bond motifs is 2. The third-order valence-electron chi connectivity index (χ3n) is 4.29. The number of rotatable bonds is 1. The Labute approximate surface area is 123 Å². The summed E-state index contributed by atoms with van der Waals surface area (Å²) in [6.07, 6.45) is 0. The highest BCUT2D eigenvalue weighted by Gasteiger charge is 2.15. The first-order valence-corrected chi connectivity index (χ1v) is 6.96. The van der Waals surface area contributed by atoms with Crippen molar-refractivity contribution in [2.24, 2.45) is 0 Å². The van der Waals surface area contributed by atoms with Gasteiger partial charge in [0.2, 0.25) is 5.43 Å². The number of ether oxygens (including phenoxy) is 1. The van der Waals surface area contributed by atoms with E-state index in [-0.39, 0.29) is 5.43 Å². The first-order chi connectivity index (χ1) is 9.93. The largest absolute Gasteiger partial charge is 0.497 e. The lowest BCUT2D eigenvalue weighted by atomic mass is 9.98. The topological polar surface area (TPSA) is 39.4 Å². The Morgan fingerprint density at radius 3 is 2.33 bits per heavy atom. The van der Waals surface area contributed by atoms with Crippen LogP contribution in [0.2, 0.25) is 0 Å². The molecule has 0 unspecified atom stereocenters. The van der Waals surface area contributed by atoms with Crippen molar-refractivity contribution in [3.05, 3.63) is 50.7 Å². The molecule has 21 heavy (non-hydrogen) atoms. The van der Waals surface area contributed by atoms with Crippen LogP contribution in [0.3, 0.4) is 0 Å². The van der Waals surface area contributed by atoms with Gasteiger partial charge in [0.15, 0.2) is 0 Å². The maximum absolute atomic E-state index is 12.9. The van der Waals surface area contributed by atoms with E-state index in [2.05, 4.69) is 0 Å². The predicted molar refractivity (Wildman–Crippen MR) is 85.5 cm³/mol. The number of benzene rings is 2. The van der Waals surface area contributed by atoms with E-state index < -0.39 is 0 Å². The fraction of sp³-hybridized carbons (Fsp3) is 0.278. The zero-order valence-electron chi connectivity index (χ0n) is 13.0. The summed E-state index contributed by atoms with van der Waals surface area (Å²) >= 11 is 0. The number of hydrogen-bond acceptors (Lipinski definition) is 3. The molecule has 108 valence electrons. The van der Waals surface area contributed by atoms with E-state index in [0.29, 0.717) is 27.7 Å². The molecule has 2 aromatic carbocycles.